The van der Waals surface area contributed by atoms with E-state index in [1.807, 2.05) is 18.2 Å². The number of methoxy groups -OCH3 is 1. The smallest absolute Gasteiger partial charge is 0.250 e. The molecule has 2 aliphatic rings. The van der Waals surface area contributed by atoms with Crippen LogP contribution in [0.15, 0.2) is 47.4 Å². The molecule has 0 radical (unpaired) electrons. The maximum atomic E-state index is 13.5. The number of thioether (sulfide) groups is 1. The summed E-state index contributed by atoms with van der Waals surface area (Å²) in [5.74, 6) is -0.501. The lowest BCUT2D eigenvalue weighted by Crippen LogP contribution is -2.51. The fraction of sp³-hybridized carbons (Fsp3) is 0.375. The Kier molecular flexibility index (Phi) is 7.45. The lowest BCUT2D eigenvalue weighted by molar-refractivity contribution is -0.135. The van der Waals surface area contributed by atoms with Crippen molar-refractivity contribution in [3.05, 3.63) is 47.5 Å². The maximum Gasteiger partial charge on any atom is 0.250 e. The van der Waals surface area contributed by atoms with Crippen LogP contribution in [0.4, 0.5) is 11.4 Å². The minimum absolute atomic E-state index is 0.177. The Balaban J connectivity index is 1.56. The van der Waals surface area contributed by atoms with Crippen molar-refractivity contribution < 1.29 is 19.1 Å². The molecule has 0 bridgehead atoms. The van der Waals surface area contributed by atoms with Gasteiger partial charge >= 0.3 is 0 Å². The fourth-order valence-corrected chi connectivity index (χ4v) is 5.46. The highest BCUT2D eigenvalue weighted by Crippen LogP contribution is 2.40. The first-order valence-electron chi connectivity index (χ1n) is 11.0. The third-order valence-electron chi connectivity index (χ3n) is 5.77. The zero-order valence-corrected chi connectivity index (χ0v) is 20.0. The van der Waals surface area contributed by atoms with Crippen LogP contribution in [0.1, 0.15) is 25.7 Å². The molecule has 7 nitrogen and oxygen atoms in total. The molecule has 3 amide bonds. The summed E-state index contributed by atoms with van der Waals surface area (Å²) in [7, 11) is 1.50. The predicted octanol–water partition coefficient (Wildman–Crippen LogP) is 4.20. The molecule has 1 atom stereocenters. The number of fused-ring (bicyclic) bond motifs is 1. The molecule has 0 unspecified atom stereocenters. The van der Waals surface area contributed by atoms with Crippen molar-refractivity contribution in [2.45, 2.75) is 35.8 Å². The van der Waals surface area contributed by atoms with Crippen molar-refractivity contribution >= 4 is 52.5 Å². The number of para-hydroxylation sites is 1. The lowest BCUT2D eigenvalue weighted by Gasteiger charge is -2.34. The van der Waals surface area contributed by atoms with Crippen LogP contribution in [0.3, 0.4) is 0 Å². The molecule has 0 saturated carbocycles. The number of nitrogens with one attached hydrogen (secondary N) is 1. The molecule has 9 heteroatoms. The van der Waals surface area contributed by atoms with Gasteiger partial charge in [0.1, 0.15) is 12.3 Å². The van der Waals surface area contributed by atoms with Crippen molar-refractivity contribution in [2.75, 3.05) is 37.0 Å². The predicted molar refractivity (Wildman–Crippen MR) is 130 cm³/mol. The molecule has 0 aliphatic carbocycles. The van der Waals surface area contributed by atoms with Crippen LogP contribution in [0, 0.1) is 0 Å². The Morgan fingerprint density at radius 1 is 1.12 bits per heavy atom. The van der Waals surface area contributed by atoms with Gasteiger partial charge in [0.2, 0.25) is 11.8 Å². The second-order valence-electron chi connectivity index (χ2n) is 8.02. The van der Waals surface area contributed by atoms with Crippen LogP contribution in [0.25, 0.3) is 0 Å². The first-order valence-corrected chi connectivity index (χ1v) is 12.2. The molecule has 33 heavy (non-hydrogen) atoms. The van der Waals surface area contributed by atoms with E-state index in [-0.39, 0.29) is 18.4 Å². The van der Waals surface area contributed by atoms with Gasteiger partial charge in [-0.1, -0.05) is 36.6 Å². The summed E-state index contributed by atoms with van der Waals surface area (Å²) in [6.07, 6.45) is 4.08. The van der Waals surface area contributed by atoms with E-state index in [1.165, 1.54) is 23.8 Å². The normalized spacial score (nSPS) is 18.4. The number of hydrogen-bond acceptors (Lipinski definition) is 5. The minimum atomic E-state index is -0.897. The molecule has 0 aromatic heterocycles. The number of likely N-dealkylation sites (tertiary alicyclic amines) is 1. The molecule has 174 valence electrons. The molecule has 2 aromatic rings. The van der Waals surface area contributed by atoms with Crippen LogP contribution in [0.2, 0.25) is 5.02 Å². The maximum absolute atomic E-state index is 13.5. The summed E-state index contributed by atoms with van der Waals surface area (Å²) in [5, 5.41) is 2.32. The molecule has 2 heterocycles. The van der Waals surface area contributed by atoms with Gasteiger partial charge in [-0.15, -0.1) is 11.8 Å². The summed E-state index contributed by atoms with van der Waals surface area (Å²) in [5.41, 5.74) is 1.04. The van der Waals surface area contributed by atoms with Crippen molar-refractivity contribution in [3.8, 4) is 5.75 Å². The Morgan fingerprint density at radius 3 is 2.58 bits per heavy atom. The largest absolute Gasteiger partial charge is 0.495 e. The van der Waals surface area contributed by atoms with E-state index in [4.69, 9.17) is 16.3 Å². The Labute approximate surface area is 202 Å². The van der Waals surface area contributed by atoms with Gasteiger partial charge in [0.25, 0.3) is 5.91 Å². The number of anilines is 2. The molecular formula is C24H26ClN3O4S. The van der Waals surface area contributed by atoms with E-state index >= 15 is 0 Å². The van der Waals surface area contributed by atoms with Crippen LogP contribution >= 0.6 is 23.4 Å². The average molecular weight is 488 g/mol. The SMILES string of the molecule is COc1ccc(Cl)cc1NC(=O)CN1C(=O)[C@H](C(=O)N2CCCCCC2)Sc2ccccc21. The van der Waals surface area contributed by atoms with E-state index in [1.54, 1.807) is 29.2 Å². The van der Waals surface area contributed by atoms with E-state index < -0.39 is 11.2 Å². The molecular weight excluding hydrogens is 462 g/mol. The standard InChI is InChI=1S/C24H26ClN3O4S/c1-32-19-11-10-16(25)14-17(19)26-21(29)15-28-18-8-4-5-9-20(18)33-22(24(28)31)23(30)27-12-6-2-3-7-13-27/h4-5,8-11,14,22H,2-3,6-7,12-13,15H2,1H3,(H,26,29)/t22-/m0/s1. The highest BCUT2D eigenvalue weighted by molar-refractivity contribution is 8.01. The zero-order chi connectivity index (χ0) is 23.4. The van der Waals surface area contributed by atoms with Crippen LogP contribution in [-0.2, 0) is 14.4 Å². The number of ether oxygens (including phenoxy) is 1. The Morgan fingerprint density at radius 2 is 1.85 bits per heavy atom. The number of benzene rings is 2. The Bertz CT molecular complexity index is 1060. The average Bonchev–Trinajstić information content (AvgIpc) is 3.10. The summed E-state index contributed by atoms with van der Waals surface area (Å²) in [6.45, 7) is 1.11. The monoisotopic (exact) mass is 487 g/mol. The van der Waals surface area contributed by atoms with Crippen molar-refractivity contribution in [3.63, 3.8) is 0 Å². The van der Waals surface area contributed by atoms with Crippen molar-refractivity contribution in [2.24, 2.45) is 0 Å². The van der Waals surface area contributed by atoms with Gasteiger partial charge in [-0.2, -0.15) is 0 Å². The van der Waals surface area contributed by atoms with Gasteiger partial charge in [-0.25, -0.2) is 0 Å². The van der Waals surface area contributed by atoms with Gasteiger partial charge in [-0.3, -0.25) is 14.4 Å². The molecule has 1 fully saturated rings. The molecule has 2 aliphatic heterocycles. The third-order valence-corrected chi connectivity index (χ3v) is 7.24. The van der Waals surface area contributed by atoms with Crippen molar-refractivity contribution in [1.82, 2.24) is 4.90 Å². The Hall–Kier alpha value is -2.71. The topological polar surface area (TPSA) is 79.0 Å². The van der Waals surface area contributed by atoms with Crippen LogP contribution in [-0.4, -0.2) is 54.6 Å². The summed E-state index contributed by atoms with van der Waals surface area (Å²) >= 11 is 7.33. The number of rotatable bonds is 5. The molecule has 2 aromatic carbocycles. The first kappa shape index (κ1) is 23.4. The van der Waals surface area contributed by atoms with Crippen LogP contribution in [0.5, 0.6) is 5.75 Å². The first-order chi connectivity index (χ1) is 16.0. The summed E-state index contributed by atoms with van der Waals surface area (Å²) in [4.78, 5) is 43.7. The van der Waals surface area contributed by atoms with E-state index in [0.717, 1.165) is 30.6 Å². The molecule has 4 rings (SSSR count). The highest BCUT2D eigenvalue weighted by atomic mass is 35.5. The van der Waals surface area contributed by atoms with Gasteiger partial charge < -0.3 is 19.9 Å². The van der Waals surface area contributed by atoms with Gasteiger partial charge in [0, 0.05) is 23.0 Å². The van der Waals surface area contributed by atoms with Gasteiger partial charge in [0.05, 0.1) is 18.5 Å². The van der Waals surface area contributed by atoms with Crippen LogP contribution < -0.4 is 15.0 Å². The second-order valence-corrected chi connectivity index (χ2v) is 9.61. The number of carbonyl (C=O) groups is 3. The number of nitrogens with zero attached hydrogens (tertiary/aromatic N) is 2. The van der Waals surface area contributed by atoms with Gasteiger partial charge in [0.15, 0.2) is 5.25 Å². The zero-order valence-electron chi connectivity index (χ0n) is 18.4. The fourth-order valence-electron chi connectivity index (χ4n) is 4.10. The van der Waals surface area contributed by atoms with E-state index in [9.17, 15) is 14.4 Å². The number of halogens is 1. The van der Waals surface area contributed by atoms with E-state index in [2.05, 4.69) is 5.32 Å². The lowest BCUT2D eigenvalue weighted by atomic mass is 10.2. The number of amides is 3. The third kappa shape index (κ3) is 5.28. The molecule has 0 spiro atoms. The summed E-state index contributed by atoms with van der Waals surface area (Å²) < 4.78 is 5.29. The molecule has 1 N–H and O–H groups in total. The molecule has 1 saturated heterocycles. The number of carbonyl (C=O) groups excluding carboxylic acids is 3. The number of hydrogen-bond donors (Lipinski definition) is 1. The highest BCUT2D eigenvalue weighted by Gasteiger charge is 2.40. The van der Waals surface area contributed by atoms with Gasteiger partial charge in [-0.05, 0) is 43.2 Å². The minimum Gasteiger partial charge on any atom is -0.495 e. The summed E-state index contributed by atoms with van der Waals surface area (Å²) in [6, 6.07) is 12.3. The van der Waals surface area contributed by atoms with E-state index in [0.29, 0.717) is 35.2 Å². The second kappa shape index (κ2) is 10.5. The quantitative estimate of drug-likeness (QED) is 0.639. The van der Waals surface area contributed by atoms with Crippen molar-refractivity contribution in [1.29, 1.82) is 0 Å².